The van der Waals surface area contributed by atoms with E-state index in [2.05, 4.69) is 15.6 Å². The molecule has 1 unspecified atom stereocenters. The first kappa shape index (κ1) is 19.9. The summed E-state index contributed by atoms with van der Waals surface area (Å²) in [5.41, 5.74) is 3.54. The number of rotatable bonds is 6. The molecule has 2 aromatic carbocycles. The molecule has 2 aromatic rings. The van der Waals surface area contributed by atoms with Crippen LogP contribution in [0.3, 0.4) is 0 Å². The molecule has 1 saturated heterocycles. The van der Waals surface area contributed by atoms with E-state index in [9.17, 15) is 9.59 Å². The largest absolute Gasteiger partial charge is 0.494 e. The molecule has 1 atom stereocenters. The Morgan fingerprint density at radius 3 is 2.68 bits per heavy atom. The number of anilines is 1. The number of ether oxygens (including phenoxy) is 1. The molecule has 0 spiro atoms. The molecule has 146 valence electrons. The summed E-state index contributed by atoms with van der Waals surface area (Å²) in [4.78, 5) is 29.0. The zero-order valence-corrected chi connectivity index (χ0v) is 16.9. The summed E-state index contributed by atoms with van der Waals surface area (Å²) < 4.78 is 5.41. The standard InChI is InChI=1S/C21H23N3O3S/c1-4-27-16-9-7-15(8-10-16)22-21-24-20(26)18(28-21)12-19(25)23-17-11-13(2)5-6-14(17)3/h5-11,18H,4,12H2,1-3H3,(H,23,25)(H,22,24,26). The number of amidine groups is 1. The van der Waals surface area contributed by atoms with Gasteiger partial charge in [0, 0.05) is 12.1 Å². The molecule has 0 aromatic heterocycles. The van der Waals surface area contributed by atoms with Gasteiger partial charge >= 0.3 is 0 Å². The summed E-state index contributed by atoms with van der Waals surface area (Å²) in [5.74, 6) is 0.380. The van der Waals surface area contributed by atoms with Crippen molar-refractivity contribution >= 4 is 40.1 Å². The maximum Gasteiger partial charge on any atom is 0.240 e. The monoisotopic (exact) mass is 397 g/mol. The van der Waals surface area contributed by atoms with E-state index in [1.54, 1.807) is 0 Å². The minimum atomic E-state index is -0.494. The predicted molar refractivity (Wildman–Crippen MR) is 113 cm³/mol. The van der Waals surface area contributed by atoms with E-state index in [0.29, 0.717) is 17.5 Å². The number of carbonyl (C=O) groups is 2. The number of aliphatic imine (C=N–C) groups is 1. The SMILES string of the molecule is CCOc1ccc(N=C2NC(=O)C(CC(=O)Nc3cc(C)ccc3C)S2)cc1. The lowest BCUT2D eigenvalue weighted by Crippen LogP contribution is -2.28. The number of nitrogens with zero attached hydrogens (tertiary/aromatic N) is 1. The third-order valence-electron chi connectivity index (χ3n) is 4.19. The van der Waals surface area contributed by atoms with Crippen LogP contribution in [0, 0.1) is 13.8 Å². The van der Waals surface area contributed by atoms with E-state index >= 15 is 0 Å². The zero-order valence-electron chi connectivity index (χ0n) is 16.1. The van der Waals surface area contributed by atoms with Crippen LogP contribution in [0.5, 0.6) is 5.75 Å². The number of aryl methyl sites for hydroxylation is 2. The molecular weight excluding hydrogens is 374 g/mol. The van der Waals surface area contributed by atoms with Crippen molar-refractivity contribution in [1.82, 2.24) is 5.32 Å². The van der Waals surface area contributed by atoms with Crippen molar-refractivity contribution in [2.45, 2.75) is 32.4 Å². The Morgan fingerprint density at radius 1 is 1.21 bits per heavy atom. The zero-order chi connectivity index (χ0) is 20.1. The lowest BCUT2D eigenvalue weighted by atomic mass is 10.1. The van der Waals surface area contributed by atoms with Crippen molar-refractivity contribution in [3.8, 4) is 5.75 Å². The van der Waals surface area contributed by atoms with Crippen LogP contribution in [-0.2, 0) is 9.59 Å². The van der Waals surface area contributed by atoms with E-state index < -0.39 is 5.25 Å². The van der Waals surface area contributed by atoms with E-state index in [-0.39, 0.29) is 18.2 Å². The highest BCUT2D eigenvalue weighted by Crippen LogP contribution is 2.27. The van der Waals surface area contributed by atoms with Gasteiger partial charge in [-0.3, -0.25) is 9.59 Å². The van der Waals surface area contributed by atoms with Gasteiger partial charge in [0.05, 0.1) is 12.3 Å². The Kier molecular flexibility index (Phi) is 6.36. The molecule has 1 aliphatic heterocycles. The molecular formula is C21H23N3O3S. The number of amides is 2. The third kappa shape index (κ3) is 5.13. The highest BCUT2D eigenvalue weighted by atomic mass is 32.2. The molecule has 3 rings (SSSR count). The quantitative estimate of drug-likeness (QED) is 0.773. The molecule has 0 saturated carbocycles. The molecule has 1 fully saturated rings. The average Bonchev–Trinajstić information content (AvgIpc) is 2.99. The second-order valence-electron chi connectivity index (χ2n) is 6.51. The topological polar surface area (TPSA) is 79.8 Å². The summed E-state index contributed by atoms with van der Waals surface area (Å²) >= 11 is 1.27. The van der Waals surface area contributed by atoms with Crippen LogP contribution >= 0.6 is 11.8 Å². The van der Waals surface area contributed by atoms with Gasteiger partial charge in [-0.1, -0.05) is 23.9 Å². The average molecular weight is 398 g/mol. The van der Waals surface area contributed by atoms with Gasteiger partial charge in [-0.15, -0.1) is 0 Å². The number of hydrogen-bond acceptors (Lipinski definition) is 5. The second-order valence-corrected chi connectivity index (χ2v) is 7.70. The van der Waals surface area contributed by atoms with Gasteiger partial charge in [-0.25, -0.2) is 4.99 Å². The molecule has 0 radical (unpaired) electrons. The second kappa shape index (κ2) is 8.93. The van der Waals surface area contributed by atoms with E-state index in [1.807, 2.05) is 63.2 Å². The molecule has 0 bridgehead atoms. The van der Waals surface area contributed by atoms with Crippen molar-refractivity contribution in [2.24, 2.45) is 4.99 Å². The fourth-order valence-electron chi connectivity index (χ4n) is 2.73. The number of carbonyl (C=O) groups excluding carboxylic acids is 2. The number of nitrogens with one attached hydrogen (secondary N) is 2. The van der Waals surface area contributed by atoms with Crippen molar-refractivity contribution in [3.63, 3.8) is 0 Å². The minimum absolute atomic E-state index is 0.0895. The van der Waals surface area contributed by atoms with Crippen LogP contribution in [0.2, 0.25) is 0 Å². The van der Waals surface area contributed by atoms with E-state index in [1.165, 1.54) is 11.8 Å². The van der Waals surface area contributed by atoms with Gasteiger partial charge in [-0.05, 0) is 62.2 Å². The fraction of sp³-hybridized carbons (Fsp3) is 0.286. The van der Waals surface area contributed by atoms with Crippen LogP contribution in [0.15, 0.2) is 47.5 Å². The Labute approximate surface area is 168 Å². The first-order valence-corrected chi connectivity index (χ1v) is 9.98. The third-order valence-corrected chi connectivity index (χ3v) is 5.27. The van der Waals surface area contributed by atoms with Crippen LogP contribution < -0.4 is 15.4 Å². The number of benzene rings is 2. The Hall–Kier alpha value is -2.80. The van der Waals surface area contributed by atoms with Gasteiger partial charge in [0.25, 0.3) is 0 Å². The first-order chi connectivity index (χ1) is 13.4. The highest BCUT2D eigenvalue weighted by molar-refractivity contribution is 8.15. The Bertz CT molecular complexity index is 910. The number of hydrogen-bond donors (Lipinski definition) is 2. The van der Waals surface area contributed by atoms with Gasteiger partial charge in [-0.2, -0.15) is 0 Å². The smallest absolute Gasteiger partial charge is 0.240 e. The molecule has 1 heterocycles. The summed E-state index contributed by atoms with van der Waals surface area (Å²) in [6, 6.07) is 13.2. The van der Waals surface area contributed by atoms with Crippen LogP contribution in [-0.4, -0.2) is 28.8 Å². The molecule has 7 heteroatoms. The molecule has 2 N–H and O–H groups in total. The maximum atomic E-state index is 12.4. The van der Waals surface area contributed by atoms with Crippen molar-refractivity contribution in [3.05, 3.63) is 53.6 Å². The van der Waals surface area contributed by atoms with E-state index in [4.69, 9.17) is 4.74 Å². The maximum absolute atomic E-state index is 12.4. The summed E-state index contributed by atoms with van der Waals surface area (Å²) in [7, 11) is 0. The normalized spacial score (nSPS) is 17.5. The molecule has 28 heavy (non-hydrogen) atoms. The fourth-order valence-corrected chi connectivity index (χ4v) is 3.72. The predicted octanol–water partition coefficient (Wildman–Crippen LogP) is 3.95. The van der Waals surface area contributed by atoms with Crippen molar-refractivity contribution in [1.29, 1.82) is 0 Å². The Balaban J connectivity index is 1.60. The molecule has 6 nitrogen and oxygen atoms in total. The van der Waals surface area contributed by atoms with Gasteiger partial charge in [0.2, 0.25) is 11.8 Å². The van der Waals surface area contributed by atoms with Crippen molar-refractivity contribution in [2.75, 3.05) is 11.9 Å². The lowest BCUT2D eigenvalue weighted by molar-refractivity contribution is -0.122. The van der Waals surface area contributed by atoms with Crippen molar-refractivity contribution < 1.29 is 14.3 Å². The Morgan fingerprint density at radius 2 is 1.96 bits per heavy atom. The van der Waals surface area contributed by atoms with Crippen LogP contribution in [0.25, 0.3) is 0 Å². The minimum Gasteiger partial charge on any atom is -0.494 e. The van der Waals surface area contributed by atoms with Gasteiger partial charge in [0.15, 0.2) is 5.17 Å². The molecule has 1 aliphatic rings. The van der Waals surface area contributed by atoms with Gasteiger partial charge < -0.3 is 15.4 Å². The molecule has 0 aliphatic carbocycles. The summed E-state index contributed by atoms with van der Waals surface area (Å²) in [6.07, 6.45) is 0.0895. The van der Waals surface area contributed by atoms with Crippen LogP contribution in [0.4, 0.5) is 11.4 Å². The summed E-state index contributed by atoms with van der Waals surface area (Å²) in [6.45, 7) is 6.44. The number of thioether (sulfide) groups is 1. The van der Waals surface area contributed by atoms with Gasteiger partial charge in [0.1, 0.15) is 11.0 Å². The van der Waals surface area contributed by atoms with Crippen LogP contribution in [0.1, 0.15) is 24.5 Å². The lowest BCUT2D eigenvalue weighted by Gasteiger charge is -2.10. The van der Waals surface area contributed by atoms with E-state index in [0.717, 1.165) is 22.6 Å². The molecule has 2 amide bonds. The summed E-state index contributed by atoms with van der Waals surface area (Å²) in [5, 5.41) is 5.64. The highest BCUT2D eigenvalue weighted by Gasteiger charge is 2.32. The first-order valence-electron chi connectivity index (χ1n) is 9.11.